The van der Waals surface area contributed by atoms with Crippen LogP contribution in [0.3, 0.4) is 0 Å². The topological polar surface area (TPSA) is 55.8 Å². The molecule has 4 rings (SSSR count). The Balaban J connectivity index is 1.56. The number of hydrogen-bond donors (Lipinski definition) is 0. The molecule has 1 aliphatic heterocycles. The summed E-state index contributed by atoms with van der Waals surface area (Å²) in [6.07, 6.45) is 0.119. The number of fused-ring (bicyclic) bond motifs is 1. The van der Waals surface area contributed by atoms with Crippen LogP contribution in [0, 0.1) is 5.82 Å². The first-order valence-corrected chi connectivity index (χ1v) is 10.5. The normalized spacial score (nSPS) is 15.0. The Kier molecular flexibility index (Phi) is 6.21. The van der Waals surface area contributed by atoms with Crippen LogP contribution in [0.4, 0.5) is 4.39 Å². The molecule has 0 spiro atoms. The molecule has 1 heterocycles. The van der Waals surface area contributed by atoms with Crippen molar-refractivity contribution in [3.05, 3.63) is 100 Å². The van der Waals surface area contributed by atoms with Gasteiger partial charge < -0.3 is 14.4 Å². The molecule has 0 bridgehead atoms. The molecule has 5 nitrogen and oxygen atoms in total. The monoisotopic (exact) mass is 433 g/mol. The van der Waals surface area contributed by atoms with Crippen LogP contribution in [-0.4, -0.2) is 30.4 Å². The molecule has 1 aliphatic rings. The SMILES string of the molecule is CCN(Cc1ccc(OC)c(F)c1)C(=O)c1ccc2c(c1)CC(c1ccccc1)OC2=O. The number of ether oxygens (including phenoxy) is 2. The molecular formula is C26H24FNO4. The number of halogens is 1. The first-order chi connectivity index (χ1) is 15.5. The Hall–Kier alpha value is -3.67. The third kappa shape index (κ3) is 4.35. The fourth-order valence-corrected chi connectivity index (χ4v) is 3.92. The highest BCUT2D eigenvalue weighted by Gasteiger charge is 2.28. The highest BCUT2D eigenvalue weighted by atomic mass is 19.1. The van der Waals surface area contributed by atoms with E-state index in [0.717, 1.165) is 11.1 Å². The number of amides is 1. The molecule has 1 atom stereocenters. The summed E-state index contributed by atoms with van der Waals surface area (Å²) in [5, 5.41) is 0. The van der Waals surface area contributed by atoms with Crippen molar-refractivity contribution in [1.29, 1.82) is 0 Å². The van der Waals surface area contributed by atoms with Crippen molar-refractivity contribution in [1.82, 2.24) is 4.90 Å². The van der Waals surface area contributed by atoms with Crippen LogP contribution in [-0.2, 0) is 17.7 Å². The zero-order valence-electron chi connectivity index (χ0n) is 18.0. The molecule has 1 unspecified atom stereocenters. The summed E-state index contributed by atoms with van der Waals surface area (Å²) in [5.41, 5.74) is 3.34. The molecule has 0 fully saturated rings. The van der Waals surface area contributed by atoms with Crippen LogP contribution in [0.15, 0.2) is 66.7 Å². The van der Waals surface area contributed by atoms with Crippen LogP contribution in [0.2, 0.25) is 0 Å². The maximum Gasteiger partial charge on any atom is 0.339 e. The van der Waals surface area contributed by atoms with Gasteiger partial charge in [-0.25, -0.2) is 9.18 Å². The minimum atomic E-state index is -0.465. The molecule has 0 aromatic heterocycles. The number of carbonyl (C=O) groups is 2. The van der Waals surface area contributed by atoms with Crippen molar-refractivity contribution in [2.75, 3.05) is 13.7 Å². The van der Waals surface area contributed by atoms with Crippen molar-refractivity contribution in [2.24, 2.45) is 0 Å². The largest absolute Gasteiger partial charge is 0.494 e. The van der Waals surface area contributed by atoms with Crippen molar-refractivity contribution >= 4 is 11.9 Å². The summed E-state index contributed by atoms with van der Waals surface area (Å²) in [6.45, 7) is 2.60. The molecule has 3 aromatic carbocycles. The summed E-state index contributed by atoms with van der Waals surface area (Å²) < 4.78 is 24.6. The van der Waals surface area contributed by atoms with E-state index in [1.165, 1.54) is 13.2 Å². The molecule has 0 saturated heterocycles. The molecule has 32 heavy (non-hydrogen) atoms. The molecule has 3 aromatic rings. The van der Waals surface area contributed by atoms with E-state index in [2.05, 4.69) is 0 Å². The van der Waals surface area contributed by atoms with Crippen LogP contribution < -0.4 is 4.74 Å². The zero-order chi connectivity index (χ0) is 22.7. The minimum Gasteiger partial charge on any atom is -0.494 e. The van der Waals surface area contributed by atoms with Gasteiger partial charge in [-0.2, -0.15) is 0 Å². The van der Waals surface area contributed by atoms with Gasteiger partial charge in [-0.15, -0.1) is 0 Å². The molecule has 0 aliphatic carbocycles. The maximum atomic E-state index is 14.1. The van der Waals surface area contributed by atoms with Crippen LogP contribution in [0.1, 0.15) is 50.4 Å². The number of rotatable bonds is 6. The second-order valence-corrected chi connectivity index (χ2v) is 7.67. The Bertz CT molecular complexity index is 1150. The highest BCUT2D eigenvalue weighted by Crippen LogP contribution is 2.31. The third-order valence-electron chi connectivity index (χ3n) is 5.66. The van der Waals surface area contributed by atoms with Gasteiger partial charge in [-0.3, -0.25) is 4.79 Å². The minimum absolute atomic E-state index is 0.165. The smallest absolute Gasteiger partial charge is 0.339 e. The van der Waals surface area contributed by atoms with Gasteiger partial charge in [-0.05, 0) is 53.9 Å². The van der Waals surface area contributed by atoms with Gasteiger partial charge in [0.2, 0.25) is 0 Å². The van der Waals surface area contributed by atoms with Gasteiger partial charge in [0.25, 0.3) is 5.91 Å². The lowest BCUT2D eigenvalue weighted by atomic mass is 9.93. The number of hydrogen-bond acceptors (Lipinski definition) is 4. The predicted molar refractivity (Wildman–Crippen MR) is 118 cm³/mol. The van der Waals surface area contributed by atoms with Crippen molar-refractivity contribution < 1.29 is 23.5 Å². The van der Waals surface area contributed by atoms with Crippen molar-refractivity contribution in [3.63, 3.8) is 0 Å². The Labute approximate surface area is 186 Å². The summed E-state index contributed by atoms with van der Waals surface area (Å²) >= 11 is 0. The lowest BCUT2D eigenvalue weighted by Crippen LogP contribution is -2.31. The van der Waals surface area contributed by atoms with E-state index in [1.54, 1.807) is 35.2 Å². The van der Waals surface area contributed by atoms with Gasteiger partial charge in [-0.1, -0.05) is 36.4 Å². The van der Waals surface area contributed by atoms with Gasteiger partial charge >= 0.3 is 5.97 Å². The summed E-state index contributed by atoms with van der Waals surface area (Å²) in [6, 6.07) is 19.3. The maximum absolute atomic E-state index is 14.1. The average molecular weight is 433 g/mol. The first kappa shape index (κ1) is 21.6. The number of esters is 1. The highest BCUT2D eigenvalue weighted by molar-refractivity contribution is 5.97. The van der Waals surface area contributed by atoms with Crippen molar-refractivity contribution in [2.45, 2.75) is 26.0 Å². The van der Waals surface area contributed by atoms with E-state index in [9.17, 15) is 14.0 Å². The molecule has 1 amide bonds. The van der Waals surface area contributed by atoms with Gasteiger partial charge in [0.05, 0.1) is 12.7 Å². The molecular weight excluding hydrogens is 409 g/mol. The van der Waals surface area contributed by atoms with Gasteiger partial charge in [0, 0.05) is 25.1 Å². The van der Waals surface area contributed by atoms with Gasteiger partial charge in [0.15, 0.2) is 11.6 Å². The van der Waals surface area contributed by atoms with E-state index in [0.29, 0.717) is 29.7 Å². The fourth-order valence-electron chi connectivity index (χ4n) is 3.92. The zero-order valence-corrected chi connectivity index (χ0v) is 18.0. The molecule has 0 N–H and O–H groups in total. The molecule has 6 heteroatoms. The van der Waals surface area contributed by atoms with Crippen LogP contribution in [0.25, 0.3) is 0 Å². The Morgan fingerprint density at radius 2 is 1.91 bits per heavy atom. The summed E-state index contributed by atoms with van der Waals surface area (Å²) in [7, 11) is 1.41. The van der Waals surface area contributed by atoms with E-state index >= 15 is 0 Å². The van der Waals surface area contributed by atoms with E-state index in [-0.39, 0.29) is 30.3 Å². The van der Waals surface area contributed by atoms with Crippen LogP contribution >= 0.6 is 0 Å². The number of carbonyl (C=O) groups excluding carboxylic acids is 2. The second-order valence-electron chi connectivity index (χ2n) is 7.67. The standard InChI is InChI=1S/C26H24FNO4/c1-3-28(16-17-9-12-23(31-2)22(27)13-17)25(29)19-10-11-21-20(14-19)15-24(32-26(21)30)18-7-5-4-6-8-18/h4-14,24H,3,15-16H2,1-2H3. The fraction of sp³-hybridized carbons (Fsp3) is 0.231. The predicted octanol–water partition coefficient (Wildman–Crippen LogP) is 4.95. The Morgan fingerprint density at radius 1 is 1.12 bits per heavy atom. The van der Waals surface area contributed by atoms with Crippen LogP contribution in [0.5, 0.6) is 5.75 Å². The number of methoxy groups -OCH3 is 1. The van der Waals surface area contributed by atoms with Gasteiger partial charge in [0.1, 0.15) is 6.10 Å². The van der Waals surface area contributed by atoms with Crippen molar-refractivity contribution in [3.8, 4) is 5.75 Å². The summed E-state index contributed by atoms with van der Waals surface area (Å²) in [5.74, 6) is -0.868. The van der Waals surface area contributed by atoms with E-state index in [4.69, 9.17) is 9.47 Å². The number of nitrogens with zero attached hydrogens (tertiary/aromatic N) is 1. The lowest BCUT2D eigenvalue weighted by molar-refractivity contribution is 0.0252. The first-order valence-electron chi connectivity index (χ1n) is 10.5. The average Bonchev–Trinajstić information content (AvgIpc) is 2.82. The lowest BCUT2D eigenvalue weighted by Gasteiger charge is -2.26. The second kappa shape index (κ2) is 9.22. The third-order valence-corrected chi connectivity index (χ3v) is 5.66. The van der Waals surface area contributed by atoms with E-state index < -0.39 is 5.82 Å². The summed E-state index contributed by atoms with van der Waals surface area (Å²) in [4.78, 5) is 27.3. The quantitative estimate of drug-likeness (QED) is 0.516. The molecule has 0 saturated carbocycles. The molecule has 164 valence electrons. The Morgan fingerprint density at radius 3 is 2.59 bits per heavy atom. The number of cyclic esters (lactones) is 1. The number of benzene rings is 3. The van der Waals surface area contributed by atoms with E-state index in [1.807, 2.05) is 37.3 Å². The molecule has 0 radical (unpaired) electrons.